The standard InChI is InChI=1S/C10H13NO2S/c1-7(2)13-10-8(6-12)11-5-4-9(10)14-3/h4-7H,1-3H3. The van der Waals surface area contributed by atoms with E-state index in [1.807, 2.05) is 26.2 Å². The quantitative estimate of drug-likeness (QED) is 0.566. The van der Waals surface area contributed by atoms with Crippen LogP contribution in [0.1, 0.15) is 24.3 Å². The minimum absolute atomic E-state index is 0.0452. The topological polar surface area (TPSA) is 39.2 Å². The van der Waals surface area contributed by atoms with Gasteiger partial charge in [-0.2, -0.15) is 0 Å². The third-order valence-electron chi connectivity index (χ3n) is 1.58. The molecule has 0 saturated heterocycles. The van der Waals surface area contributed by atoms with Crippen LogP contribution in [0.15, 0.2) is 17.2 Å². The van der Waals surface area contributed by atoms with Crippen molar-refractivity contribution in [1.29, 1.82) is 0 Å². The lowest BCUT2D eigenvalue weighted by Crippen LogP contribution is -2.09. The Hall–Kier alpha value is -1.03. The summed E-state index contributed by atoms with van der Waals surface area (Å²) in [6.45, 7) is 3.84. The Balaban J connectivity index is 3.12. The summed E-state index contributed by atoms with van der Waals surface area (Å²) < 4.78 is 5.54. The molecule has 0 atom stereocenters. The molecule has 0 aliphatic carbocycles. The molecule has 0 unspecified atom stereocenters. The van der Waals surface area contributed by atoms with Crippen molar-refractivity contribution in [3.8, 4) is 5.75 Å². The van der Waals surface area contributed by atoms with E-state index < -0.39 is 0 Å². The molecule has 4 heteroatoms. The molecule has 0 fully saturated rings. The van der Waals surface area contributed by atoms with Gasteiger partial charge in [-0.1, -0.05) is 0 Å². The molecule has 0 spiro atoms. The highest BCUT2D eigenvalue weighted by atomic mass is 32.2. The van der Waals surface area contributed by atoms with Crippen LogP contribution in [-0.4, -0.2) is 23.6 Å². The maximum Gasteiger partial charge on any atom is 0.172 e. The van der Waals surface area contributed by atoms with Gasteiger partial charge in [0.05, 0.1) is 11.0 Å². The third-order valence-corrected chi connectivity index (χ3v) is 2.34. The van der Waals surface area contributed by atoms with Crippen molar-refractivity contribution in [2.45, 2.75) is 24.8 Å². The molecule has 0 bridgehead atoms. The Morgan fingerprint density at radius 3 is 2.79 bits per heavy atom. The summed E-state index contributed by atoms with van der Waals surface area (Å²) in [4.78, 5) is 15.6. The molecule has 0 amide bonds. The molecule has 0 aromatic carbocycles. The Morgan fingerprint density at radius 2 is 2.29 bits per heavy atom. The molecule has 76 valence electrons. The van der Waals surface area contributed by atoms with Crippen LogP contribution in [0.25, 0.3) is 0 Å². The van der Waals surface area contributed by atoms with Crippen LogP contribution in [0.3, 0.4) is 0 Å². The minimum atomic E-state index is 0.0452. The van der Waals surface area contributed by atoms with E-state index in [0.717, 1.165) is 11.2 Å². The van der Waals surface area contributed by atoms with Gasteiger partial charge in [0.25, 0.3) is 0 Å². The van der Waals surface area contributed by atoms with Gasteiger partial charge in [0.1, 0.15) is 5.69 Å². The summed E-state index contributed by atoms with van der Waals surface area (Å²) in [7, 11) is 0. The molecule has 0 saturated carbocycles. The van der Waals surface area contributed by atoms with Crippen LogP contribution in [0, 0.1) is 0 Å². The molecule has 1 rings (SSSR count). The predicted octanol–water partition coefficient (Wildman–Crippen LogP) is 2.40. The number of nitrogens with zero attached hydrogens (tertiary/aromatic N) is 1. The van der Waals surface area contributed by atoms with Gasteiger partial charge in [-0.25, -0.2) is 4.98 Å². The predicted molar refractivity (Wildman–Crippen MR) is 57.2 cm³/mol. The zero-order valence-corrected chi connectivity index (χ0v) is 9.30. The van der Waals surface area contributed by atoms with Crippen LogP contribution < -0.4 is 4.74 Å². The van der Waals surface area contributed by atoms with E-state index in [4.69, 9.17) is 4.74 Å². The second kappa shape index (κ2) is 5.00. The average Bonchev–Trinajstić information content (AvgIpc) is 2.17. The zero-order valence-electron chi connectivity index (χ0n) is 8.48. The molecule has 3 nitrogen and oxygen atoms in total. The Labute approximate surface area is 87.9 Å². The van der Waals surface area contributed by atoms with Gasteiger partial charge in [0.2, 0.25) is 0 Å². The van der Waals surface area contributed by atoms with E-state index in [1.165, 1.54) is 0 Å². The van der Waals surface area contributed by atoms with Crippen molar-refractivity contribution in [2.75, 3.05) is 6.26 Å². The minimum Gasteiger partial charge on any atom is -0.487 e. The van der Waals surface area contributed by atoms with E-state index in [9.17, 15) is 4.79 Å². The number of aromatic nitrogens is 1. The smallest absolute Gasteiger partial charge is 0.172 e. The first kappa shape index (κ1) is 11.0. The number of ether oxygens (including phenoxy) is 1. The summed E-state index contributed by atoms with van der Waals surface area (Å²) >= 11 is 1.54. The maximum atomic E-state index is 10.7. The highest BCUT2D eigenvalue weighted by molar-refractivity contribution is 7.98. The normalized spacial score (nSPS) is 10.3. The molecule has 1 aromatic rings. The van der Waals surface area contributed by atoms with E-state index in [-0.39, 0.29) is 6.10 Å². The number of pyridine rings is 1. The Morgan fingerprint density at radius 1 is 1.57 bits per heavy atom. The molecule has 1 aromatic heterocycles. The number of carbonyl (C=O) groups is 1. The number of hydrogen-bond donors (Lipinski definition) is 0. The largest absolute Gasteiger partial charge is 0.487 e. The van der Waals surface area contributed by atoms with Gasteiger partial charge in [-0.3, -0.25) is 4.79 Å². The van der Waals surface area contributed by atoms with Gasteiger partial charge < -0.3 is 4.74 Å². The fourth-order valence-electron chi connectivity index (χ4n) is 1.04. The summed E-state index contributed by atoms with van der Waals surface area (Å²) in [6, 6.07) is 1.84. The van der Waals surface area contributed by atoms with Gasteiger partial charge >= 0.3 is 0 Å². The first-order valence-corrected chi connectivity index (χ1v) is 5.56. The van der Waals surface area contributed by atoms with Crippen LogP contribution in [0.5, 0.6) is 5.75 Å². The van der Waals surface area contributed by atoms with Crippen LogP contribution in [0.4, 0.5) is 0 Å². The van der Waals surface area contributed by atoms with Crippen molar-refractivity contribution in [1.82, 2.24) is 4.98 Å². The van der Waals surface area contributed by atoms with E-state index >= 15 is 0 Å². The number of hydrogen-bond acceptors (Lipinski definition) is 4. The summed E-state index contributed by atoms with van der Waals surface area (Å²) in [5, 5.41) is 0. The molecular weight excluding hydrogens is 198 g/mol. The molecule has 1 heterocycles. The van der Waals surface area contributed by atoms with Crippen molar-refractivity contribution in [3.05, 3.63) is 18.0 Å². The van der Waals surface area contributed by atoms with E-state index in [2.05, 4.69) is 4.98 Å². The van der Waals surface area contributed by atoms with Crippen LogP contribution in [-0.2, 0) is 0 Å². The van der Waals surface area contributed by atoms with Crippen molar-refractivity contribution in [2.24, 2.45) is 0 Å². The maximum absolute atomic E-state index is 10.7. The third kappa shape index (κ3) is 2.48. The zero-order chi connectivity index (χ0) is 10.6. The lowest BCUT2D eigenvalue weighted by Gasteiger charge is -2.13. The fraction of sp³-hybridized carbons (Fsp3) is 0.400. The molecule has 0 radical (unpaired) electrons. The SMILES string of the molecule is CSc1ccnc(C=O)c1OC(C)C. The second-order valence-electron chi connectivity index (χ2n) is 3.01. The average molecular weight is 211 g/mol. The summed E-state index contributed by atoms with van der Waals surface area (Å²) in [5.41, 5.74) is 0.366. The highest BCUT2D eigenvalue weighted by Crippen LogP contribution is 2.29. The molecule has 0 aliphatic heterocycles. The van der Waals surface area contributed by atoms with E-state index in [0.29, 0.717) is 11.4 Å². The summed E-state index contributed by atoms with van der Waals surface area (Å²) in [6.07, 6.45) is 4.32. The molecular formula is C10H13NO2S. The molecule has 0 N–H and O–H groups in total. The number of aldehydes is 1. The van der Waals surface area contributed by atoms with Crippen molar-refractivity contribution >= 4 is 18.0 Å². The van der Waals surface area contributed by atoms with Gasteiger partial charge in [0.15, 0.2) is 12.0 Å². The number of thioether (sulfide) groups is 1. The Bertz CT molecular complexity index is 326. The van der Waals surface area contributed by atoms with Gasteiger partial charge in [-0.15, -0.1) is 11.8 Å². The second-order valence-corrected chi connectivity index (χ2v) is 3.86. The lowest BCUT2D eigenvalue weighted by molar-refractivity contribution is 0.111. The molecule has 0 aliphatic rings. The van der Waals surface area contributed by atoms with Crippen molar-refractivity contribution < 1.29 is 9.53 Å². The number of carbonyl (C=O) groups excluding carboxylic acids is 1. The van der Waals surface area contributed by atoms with Crippen molar-refractivity contribution in [3.63, 3.8) is 0 Å². The van der Waals surface area contributed by atoms with Crippen LogP contribution in [0.2, 0.25) is 0 Å². The monoisotopic (exact) mass is 211 g/mol. The first-order chi connectivity index (χ1) is 6.69. The Kier molecular flexibility index (Phi) is 3.95. The van der Waals surface area contributed by atoms with Gasteiger partial charge in [-0.05, 0) is 26.2 Å². The number of rotatable bonds is 4. The van der Waals surface area contributed by atoms with E-state index in [1.54, 1.807) is 18.0 Å². The molecule has 14 heavy (non-hydrogen) atoms. The first-order valence-electron chi connectivity index (χ1n) is 4.34. The summed E-state index contributed by atoms with van der Waals surface area (Å²) in [5.74, 6) is 0.588. The van der Waals surface area contributed by atoms with Gasteiger partial charge in [0, 0.05) is 6.20 Å². The van der Waals surface area contributed by atoms with Crippen LogP contribution >= 0.6 is 11.8 Å². The fourth-order valence-corrected chi connectivity index (χ4v) is 1.58. The highest BCUT2D eigenvalue weighted by Gasteiger charge is 2.11. The lowest BCUT2D eigenvalue weighted by atomic mass is 10.3.